The summed E-state index contributed by atoms with van der Waals surface area (Å²) in [5, 5.41) is 8.87. The maximum atomic E-state index is 8.87. The van der Waals surface area contributed by atoms with Crippen LogP contribution in [-0.4, -0.2) is 9.55 Å². The molecule has 1 aromatic carbocycles. The second-order valence-corrected chi connectivity index (χ2v) is 6.01. The highest BCUT2D eigenvalue weighted by Gasteiger charge is 2.24. The molecule has 1 aromatic heterocycles. The van der Waals surface area contributed by atoms with Crippen LogP contribution in [-0.2, 0) is 12.0 Å². The lowest BCUT2D eigenvalue weighted by atomic mass is 9.95. The minimum absolute atomic E-state index is 0.109. The molecule has 0 fully saturated rings. The Morgan fingerprint density at radius 2 is 1.95 bits per heavy atom. The lowest BCUT2D eigenvalue weighted by Crippen LogP contribution is -2.19. The zero-order valence-corrected chi connectivity index (χ0v) is 12.7. The van der Waals surface area contributed by atoms with Crippen molar-refractivity contribution in [1.82, 2.24) is 9.55 Å². The van der Waals surface area contributed by atoms with Crippen molar-refractivity contribution < 1.29 is 0 Å². The zero-order chi connectivity index (χ0) is 15.6. The Morgan fingerprint density at radius 1 is 1.33 bits per heavy atom. The molecule has 0 spiro atoms. The lowest BCUT2D eigenvalue weighted by Gasteiger charge is -2.19. The van der Waals surface area contributed by atoms with Crippen molar-refractivity contribution in [2.24, 2.45) is 0 Å². The summed E-state index contributed by atoms with van der Waals surface area (Å²) in [5.74, 6) is 1.56. The number of hydrogen-bond donors (Lipinski definition) is 1. The summed E-state index contributed by atoms with van der Waals surface area (Å²) in [4.78, 5) is 4.73. The first kappa shape index (κ1) is 14.9. The van der Waals surface area contributed by atoms with Gasteiger partial charge >= 0.3 is 0 Å². The second kappa shape index (κ2) is 5.45. The Bertz CT molecular complexity index is 694. The lowest BCUT2D eigenvalue weighted by molar-refractivity contribution is 0.515. The van der Waals surface area contributed by atoms with Crippen molar-refractivity contribution >= 4 is 5.82 Å². The average molecular weight is 280 g/mol. The molecule has 0 aliphatic heterocycles. The Labute approximate surface area is 125 Å². The molecular weight excluding hydrogens is 260 g/mol. The molecule has 0 atom stereocenters. The number of nitrogens with two attached hydrogens (primary N) is 1. The van der Waals surface area contributed by atoms with E-state index in [2.05, 4.69) is 33.4 Å². The van der Waals surface area contributed by atoms with Gasteiger partial charge in [0.2, 0.25) is 0 Å². The molecule has 0 bridgehead atoms. The maximum Gasteiger partial charge on any atom is 0.132 e. The van der Waals surface area contributed by atoms with E-state index < -0.39 is 0 Å². The van der Waals surface area contributed by atoms with Crippen LogP contribution in [0.4, 0.5) is 5.82 Å². The van der Waals surface area contributed by atoms with Crippen LogP contribution in [0.15, 0.2) is 36.9 Å². The van der Waals surface area contributed by atoms with E-state index in [4.69, 9.17) is 16.0 Å². The van der Waals surface area contributed by atoms with E-state index in [0.717, 1.165) is 17.1 Å². The van der Waals surface area contributed by atoms with Crippen LogP contribution in [0.2, 0.25) is 0 Å². The number of allylic oxidation sites excluding steroid dienone is 1. The van der Waals surface area contributed by atoms with Gasteiger partial charge in [0.15, 0.2) is 0 Å². The molecule has 21 heavy (non-hydrogen) atoms. The molecule has 0 amide bonds. The quantitative estimate of drug-likeness (QED) is 0.875. The number of hydrogen-bond acceptors (Lipinski definition) is 3. The SMILES string of the molecule is C=CCn1c(C(C)(C)C)nc(-c2ccc(C#N)cc2)c1N. The van der Waals surface area contributed by atoms with Crippen LogP contribution in [0, 0.1) is 11.3 Å². The molecule has 0 unspecified atom stereocenters. The number of nitriles is 1. The zero-order valence-electron chi connectivity index (χ0n) is 12.7. The van der Waals surface area contributed by atoms with Crippen LogP contribution in [0.5, 0.6) is 0 Å². The predicted molar refractivity (Wildman–Crippen MR) is 85.7 cm³/mol. The van der Waals surface area contributed by atoms with E-state index >= 15 is 0 Å². The Morgan fingerprint density at radius 3 is 2.43 bits per heavy atom. The molecule has 4 nitrogen and oxygen atoms in total. The fourth-order valence-electron chi connectivity index (χ4n) is 2.27. The highest BCUT2D eigenvalue weighted by atomic mass is 15.1. The molecule has 108 valence electrons. The minimum Gasteiger partial charge on any atom is -0.383 e. The number of anilines is 1. The average Bonchev–Trinajstić information content (AvgIpc) is 2.77. The van der Waals surface area contributed by atoms with Crippen molar-refractivity contribution in [3.05, 3.63) is 48.3 Å². The van der Waals surface area contributed by atoms with Gasteiger partial charge in [0.1, 0.15) is 17.3 Å². The first-order chi connectivity index (χ1) is 9.88. The highest BCUT2D eigenvalue weighted by Crippen LogP contribution is 2.32. The summed E-state index contributed by atoms with van der Waals surface area (Å²) in [6.07, 6.45) is 1.82. The highest BCUT2D eigenvalue weighted by molar-refractivity contribution is 5.71. The summed E-state index contributed by atoms with van der Waals surface area (Å²) in [5.41, 5.74) is 8.46. The van der Waals surface area contributed by atoms with Gasteiger partial charge in [0.25, 0.3) is 0 Å². The first-order valence-corrected chi connectivity index (χ1v) is 6.86. The van der Waals surface area contributed by atoms with Gasteiger partial charge in [-0.15, -0.1) is 6.58 Å². The van der Waals surface area contributed by atoms with Crippen molar-refractivity contribution in [3.63, 3.8) is 0 Å². The smallest absolute Gasteiger partial charge is 0.132 e. The molecular formula is C17H20N4. The summed E-state index contributed by atoms with van der Waals surface area (Å²) < 4.78 is 1.99. The number of nitrogens with zero attached hydrogens (tertiary/aromatic N) is 3. The third-order valence-electron chi connectivity index (χ3n) is 3.28. The van der Waals surface area contributed by atoms with Crippen LogP contribution < -0.4 is 5.73 Å². The standard InChI is InChI=1S/C17H20N4/c1-5-10-21-15(19)14(20-16(21)17(2,3)4)13-8-6-12(11-18)7-9-13/h5-9H,1,10,19H2,2-4H3. The molecule has 0 saturated heterocycles. The molecule has 4 heteroatoms. The van der Waals surface area contributed by atoms with Gasteiger partial charge in [-0.25, -0.2) is 4.98 Å². The third-order valence-corrected chi connectivity index (χ3v) is 3.28. The van der Waals surface area contributed by atoms with Crippen molar-refractivity contribution in [2.45, 2.75) is 32.7 Å². The van der Waals surface area contributed by atoms with E-state index in [9.17, 15) is 0 Å². The number of rotatable bonds is 3. The maximum absolute atomic E-state index is 8.87. The van der Waals surface area contributed by atoms with E-state index in [1.165, 1.54) is 0 Å². The van der Waals surface area contributed by atoms with Crippen molar-refractivity contribution in [1.29, 1.82) is 5.26 Å². The Balaban J connectivity index is 2.59. The minimum atomic E-state index is -0.109. The van der Waals surface area contributed by atoms with Gasteiger partial charge in [-0.3, -0.25) is 0 Å². The van der Waals surface area contributed by atoms with Gasteiger partial charge in [-0.2, -0.15) is 5.26 Å². The van der Waals surface area contributed by atoms with Gasteiger partial charge in [-0.1, -0.05) is 39.0 Å². The molecule has 2 N–H and O–H groups in total. The first-order valence-electron chi connectivity index (χ1n) is 6.86. The molecule has 0 aliphatic rings. The largest absolute Gasteiger partial charge is 0.383 e. The predicted octanol–water partition coefficient (Wildman–Crippen LogP) is 3.49. The van der Waals surface area contributed by atoms with E-state index in [1.54, 1.807) is 12.1 Å². The molecule has 2 aromatic rings. The van der Waals surface area contributed by atoms with E-state index in [0.29, 0.717) is 17.9 Å². The summed E-state index contributed by atoms with van der Waals surface area (Å²) in [7, 11) is 0. The molecule has 0 saturated carbocycles. The van der Waals surface area contributed by atoms with Crippen LogP contribution in [0.3, 0.4) is 0 Å². The summed E-state index contributed by atoms with van der Waals surface area (Å²) in [6, 6.07) is 9.42. The van der Waals surface area contributed by atoms with Gasteiger partial charge < -0.3 is 10.3 Å². The number of benzene rings is 1. The van der Waals surface area contributed by atoms with Gasteiger partial charge in [-0.05, 0) is 12.1 Å². The fourth-order valence-corrected chi connectivity index (χ4v) is 2.27. The number of imidazole rings is 1. The topological polar surface area (TPSA) is 67.6 Å². The Hall–Kier alpha value is -2.54. The second-order valence-electron chi connectivity index (χ2n) is 6.01. The summed E-state index contributed by atoms with van der Waals surface area (Å²) >= 11 is 0. The normalized spacial score (nSPS) is 11.1. The van der Waals surface area contributed by atoms with Crippen molar-refractivity contribution in [3.8, 4) is 17.3 Å². The van der Waals surface area contributed by atoms with Gasteiger partial charge in [0, 0.05) is 17.5 Å². The van der Waals surface area contributed by atoms with Crippen LogP contribution in [0.25, 0.3) is 11.3 Å². The number of aromatic nitrogens is 2. The van der Waals surface area contributed by atoms with Crippen LogP contribution >= 0.6 is 0 Å². The molecule has 1 heterocycles. The Kier molecular flexibility index (Phi) is 3.86. The van der Waals surface area contributed by atoms with E-state index in [-0.39, 0.29) is 5.41 Å². The fraction of sp³-hybridized carbons (Fsp3) is 0.294. The number of nitrogen functional groups attached to an aromatic ring is 1. The third kappa shape index (κ3) is 2.82. The molecule has 0 radical (unpaired) electrons. The van der Waals surface area contributed by atoms with Crippen LogP contribution in [0.1, 0.15) is 32.2 Å². The monoisotopic (exact) mass is 280 g/mol. The van der Waals surface area contributed by atoms with E-state index in [1.807, 2.05) is 22.8 Å². The molecule has 0 aliphatic carbocycles. The van der Waals surface area contributed by atoms with Crippen molar-refractivity contribution in [2.75, 3.05) is 5.73 Å². The summed E-state index contributed by atoms with van der Waals surface area (Å²) in [6.45, 7) is 10.7. The molecule has 2 rings (SSSR count). The van der Waals surface area contributed by atoms with Gasteiger partial charge in [0.05, 0.1) is 11.6 Å².